The number of amides is 5. The molecule has 31 nitrogen and oxygen atoms in total. The molecule has 3 aromatic heterocycles. The number of aromatic nitrogens is 6. The van der Waals surface area contributed by atoms with Crippen LogP contribution in [0.2, 0.25) is 5.02 Å². The summed E-state index contributed by atoms with van der Waals surface area (Å²) in [5, 5.41) is 24.6. The first-order valence-corrected chi connectivity index (χ1v) is 39.4. The normalized spacial score (nSPS) is 19.5. The molecule has 648 valence electrons. The zero-order valence-corrected chi connectivity index (χ0v) is 68.8. The van der Waals surface area contributed by atoms with Crippen molar-refractivity contribution < 1.29 is 102 Å². The third-order valence-electron chi connectivity index (χ3n) is 22.1. The average molecular weight is 1730 g/mol. The van der Waals surface area contributed by atoms with Crippen molar-refractivity contribution in [3.8, 4) is 57.9 Å². The van der Waals surface area contributed by atoms with Crippen molar-refractivity contribution in [3.63, 3.8) is 0 Å². The van der Waals surface area contributed by atoms with Gasteiger partial charge < -0.3 is 98.8 Å². The zero-order valence-electron chi connectivity index (χ0n) is 68.0. The van der Waals surface area contributed by atoms with Crippen LogP contribution in [-0.4, -0.2) is 222 Å². The molecule has 7 aliphatic rings. The number of ether oxygens (including phenoxy) is 9. The standard InChI is InChI=1S/C29H31F3N6O4.C28H27F3N4O7.C27H28ClFN6O4/c1-16-19-6-5-7-22(24(19)27(40)38(16)3)42-26-20(29(30,31)32)15-33-28(36-26)35-21-9-8-17(14-23(21)41-4)25(39)34-18-10-12-37(2)13-11-18;1-13-15-5-4-6-19(22(15)26(37)35(13)2)42-25-16(28(29,30)31)10-32-27(34-25)33-17-8-7-14(9-20(17)38-3)41-21-12-40-23-18(36)11-39-24(21)23;1-34-9-7-16(8-10-34)31-24(36)17-11-22(38-3)20(12-19(17)29)32-27-30-13-18(28)25(33-27)39-21-6-4-5-15-14-35(2)26(37)23(15)21/h5-9,14-16,18H,10-13H2,1-4H3,(H,34,39)(H,33,35,36);4-10,13,18,21,23-24,36H,11-12H2,1-3H3,(H,32,33,34);4-6,11-13,16H,7-10,14H2,1-3H3,(H,31,36)(H,30,32,33)/t;13?,18-,21-,23-,24-;/m.1./s1. The quantitative estimate of drug-likeness (QED) is 0.0364. The molecule has 6 aromatic carbocycles. The summed E-state index contributed by atoms with van der Waals surface area (Å²) in [7, 11) is 13.2. The van der Waals surface area contributed by atoms with Crippen molar-refractivity contribution in [3.05, 3.63) is 188 Å². The molecule has 5 amide bonds. The van der Waals surface area contributed by atoms with Gasteiger partial charge in [0, 0.05) is 69.9 Å². The third-order valence-corrected chi connectivity index (χ3v) is 22.3. The molecule has 4 saturated heterocycles. The molecule has 10 heterocycles. The number of methoxy groups -OCH3 is 3. The minimum absolute atomic E-state index is 0.0125. The third kappa shape index (κ3) is 18.9. The van der Waals surface area contributed by atoms with Crippen molar-refractivity contribution in [2.24, 2.45) is 0 Å². The Morgan fingerprint density at radius 1 is 0.528 bits per heavy atom. The molecule has 7 aliphatic heterocycles. The van der Waals surface area contributed by atoms with E-state index in [0.29, 0.717) is 69.8 Å². The Hall–Kier alpha value is -12.5. The second kappa shape index (κ2) is 36.3. The van der Waals surface area contributed by atoms with Gasteiger partial charge in [-0.3, -0.25) is 24.0 Å². The number of piperidine rings is 2. The number of likely N-dealkylation sites (tertiary alicyclic amines) is 2. The van der Waals surface area contributed by atoms with Crippen LogP contribution in [0.1, 0.15) is 131 Å². The van der Waals surface area contributed by atoms with Gasteiger partial charge in [-0.25, -0.2) is 19.3 Å². The first-order valence-electron chi connectivity index (χ1n) is 39.0. The molecule has 0 spiro atoms. The van der Waals surface area contributed by atoms with E-state index in [1.165, 1.54) is 61.6 Å². The summed E-state index contributed by atoms with van der Waals surface area (Å²) in [6.07, 6.45) is -5.80. The molecule has 123 heavy (non-hydrogen) atoms. The molecular formula is C84H86ClF7N16O15. The largest absolute Gasteiger partial charge is 0.495 e. The number of benzene rings is 6. The molecular weight excluding hydrogens is 1640 g/mol. The number of carbonyl (C=O) groups is 5. The molecule has 0 bridgehead atoms. The predicted octanol–water partition coefficient (Wildman–Crippen LogP) is 13.3. The van der Waals surface area contributed by atoms with E-state index >= 15 is 4.39 Å². The van der Waals surface area contributed by atoms with E-state index in [0.717, 1.165) is 63.5 Å². The van der Waals surface area contributed by atoms with Crippen molar-refractivity contribution in [1.82, 2.24) is 65.0 Å². The number of alkyl halides is 6. The average Bonchev–Trinajstić information content (AvgIpc) is 1.63. The maximum atomic E-state index is 15.1. The summed E-state index contributed by atoms with van der Waals surface area (Å²) in [6.45, 7) is 8.05. The van der Waals surface area contributed by atoms with E-state index in [-0.39, 0.29) is 135 Å². The molecule has 6 atom stereocenters. The fourth-order valence-electron chi connectivity index (χ4n) is 15.0. The number of nitrogens with one attached hydrogen (secondary N) is 5. The molecule has 4 fully saturated rings. The lowest BCUT2D eigenvalue weighted by Crippen LogP contribution is -2.43. The fraction of sp³-hybridized carbons (Fsp3) is 0.369. The number of anilines is 6. The van der Waals surface area contributed by atoms with E-state index in [2.05, 4.69) is 66.3 Å². The minimum atomic E-state index is -4.82. The van der Waals surface area contributed by atoms with Gasteiger partial charge in [-0.2, -0.15) is 41.3 Å². The van der Waals surface area contributed by atoms with Crippen LogP contribution >= 0.6 is 11.6 Å². The Bertz CT molecular complexity index is 5510. The van der Waals surface area contributed by atoms with Gasteiger partial charge in [0.05, 0.1) is 92.1 Å². The highest BCUT2D eigenvalue weighted by molar-refractivity contribution is 6.31. The molecule has 16 rings (SSSR count). The lowest BCUT2D eigenvalue weighted by Gasteiger charge is -2.29. The monoisotopic (exact) mass is 1730 g/mol. The highest BCUT2D eigenvalue weighted by atomic mass is 35.5. The van der Waals surface area contributed by atoms with Gasteiger partial charge in [0.25, 0.3) is 29.5 Å². The maximum Gasteiger partial charge on any atom is 0.423 e. The summed E-state index contributed by atoms with van der Waals surface area (Å²) < 4.78 is 149. The van der Waals surface area contributed by atoms with E-state index in [4.69, 9.17) is 54.2 Å². The molecule has 39 heteroatoms. The predicted molar refractivity (Wildman–Crippen MR) is 432 cm³/mol. The molecule has 0 radical (unpaired) electrons. The summed E-state index contributed by atoms with van der Waals surface area (Å²) in [5.74, 6) is -2.80. The Kier molecular flexibility index (Phi) is 25.6. The smallest absolute Gasteiger partial charge is 0.423 e. The maximum absolute atomic E-state index is 15.1. The van der Waals surface area contributed by atoms with Gasteiger partial charge in [0.2, 0.25) is 35.5 Å². The Morgan fingerprint density at radius 2 is 0.992 bits per heavy atom. The van der Waals surface area contributed by atoms with Crippen LogP contribution < -0.4 is 59.7 Å². The summed E-state index contributed by atoms with van der Waals surface area (Å²) in [5.41, 5.74) is 1.65. The van der Waals surface area contributed by atoms with Gasteiger partial charge in [0.1, 0.15) is 80.5 Å². The molecule has 2 unspecified atom stereocenters. The number of aliphatic hydroxyl groups excluding tert-OH is 1. The van der Waals surface area contributed by atoms with E-state index in [9.17, 15) is 55.4 Å². The number of aliphatic hydroxyl groups is 1. The molecule has 0 aliphatic carbocycles. The molecule has 0 saturated carbocycles. The van der Waals surface area contributed by atoms with Crippen LogP contribution in [0.5, 0.6) is 57.9 Å². The van der Waals surface area contributed by atoms with Crippen LogP contribution in [0.25, 0.3) is 0 Å². The number of nitrogens with zero attached hydrogens (tertiary/aromatic N) is 11. The summed E-state index contributed by atoms with van der Waals surface area (Å²) >= 11 is 6.29. The van der Waals surface area contributed by atoms with Gasteiger partial charge in [-0.15, -0.1) is 0 Å². The van der Waals surface area contributed by atoms with E-state index < -0.39 is 71.4 Å². The van der Waals surface area contributed by atoms with Crippen molar-refractivity contribution >= 4 is 76.0 Å². The second-order valence-corrected chi connectivity index (χ2v) is 30.6. The lowest BCUT2D eigenvalue weighted by atomic mass is 10.0. The Labute approximate surface area is 705 Å². The molecule has 6 N–H and O–H groups in total. The van der Waals surface area contributed by atoms with Crippen LogP contribution in [0.15, 0.2) is 122 Å². The SMILES string of the molecule is COc1cc(C(=O)NC2CCN(C)CC2)c(F)cc1Nc1ncc(Cl)c(Oc2cccc3c2C(=O)N(C)C3)n1.COc1cc(C(=O)NC2CCN(C)CC2)ccc1Nc1ncc(C(F)(F)F)c(Oc2cccc3c2C(=O)N(C)C3C)n1.COc1cc(O[C@@H]2CO[C@H]3[C@@H]2OC[C@H]3O)ccc1Nc1ncc(C(F)(F)F)c(Oc2cccc3c2C(=O)N(C)C3C)n1. The van der Waals surface area contributed by atoms with Crippen LogP contribution in [0.3, 0.4) is 0 Å². The van der Waals surface area contributed by atoms with Crippen molar-refractivity contribution in [1.29, 1.82) is 0 Å². The van der Waals surface area contributed by atoms with Gasteiger partial charge in [-0.1, -0.05) is 48.0 Å². The number of hydrogen-bond donors (Lipinski definition) is 6. The molecule has 9 aromatic rings. The van der Waals surface area contributed by atoms with Crippen LogP contribution in [0.4, 0.5) is 65.6 Å². The minimum Gasteiger partial charge on any atom is -0.495 e. The highest BCUT2D eigenvalue weighted by Gasteiger charge is 2.49. The van der Waals surface area contributed by atoms with Gasteiger partial charge in [0.15, 0.2) is 6.10 Å². The fourth-order valence-corrected chi connectivity index (χ4v) is 15.1. The van der Waals surface area contributed by atoms with E-state index in [1.54, 1.807) is 92.8 Å². The lowest BCUT2D eigenvalue weighted by molar-refractivity contribution is -0.140. The van der Waals surface area contributed by atoms with Crippen molar-refractivity contribution in [2.75, 3.05) is 112 Å². The van der Waals surface area contributed by atoms with Gasteiger partial charge >= 0.3 is 12.4 Å². The summed E-state index contributed by atoms with van der Waals surface area (Å²) in [4.78, 5) is 97.0. The van der Waals surface area contributed by atoms with Crippen LogP contribution in [0, 0.1) is 5.82 Å². The van der Waals surface area contributed by atoms with Crippen molar-refractivity contribution in [2.45, 2.75) is 107 Å². The number of halogens is 8. The van der Waals surface area contributed by atoms with E-state index in [1.807, 2.05) is 34.0 Å². The number of rotatable bonds is 21. The second-order valence-electron chi connectivity index (χ2n) is 30.2. The number of fused-ring (bicyclic) bond motifs is 4. The first-order chi connectivity index (χ1) is 58.7. The van der Waals surface area contributed by atoms with Crippen LogP contribution in [-0.2, 0) is 28.4 Å². The Balaban J connectivity index is 0.000000151. The topological polar surface area (TPSA) is 342 Å². The first kappa shape index (κ1) is 86.9. The zero-order chi connectivity index (χ0) is 87.6. The summed E-state index contributed by atoms with van der Waals surface area (Å²) in [6, 6.07) is 26.3. The van der Waals surface area contributed by atoms with Gasteiger partial charge in [-0.05, 0) is 151 Å². The Morgan fingerprint density at radius 3 is 1.53 bits per heavy atom. The highest BCUT2D eigenvalue weighted by Crippen LogP contribution is 2.47. The number of hydrogen-bond acceptors (Lipinski definition) is 26. The number of carbonyl (C=O) groups excluding carboxylic acids is 5.